The lowest BCUT2D eigenvalue weighted by atomic mass is 9.97. The van der Waals surface area contributed by atoms with Gasteiger partial charge in [-0.25, -0.2) is 9.47 Å². The standard InChI is InChI=1S/C11H14N4O2/c1-13-9-6-3-2-4-7-10(6)14(5-8(9)16)11(17)15(7)12/h2-4,8-9,13,16H,5,12H2,1H3/t8-,9-/m1/s1. The van der Waals surface area contributed by atoms with E-state index in [4.69, 9.17) is 5.84 Å². The number of aromatic nitrogens is 2. The number of nitrogen functional groups attached to an aromatic ring is 1. The van der Waals surface area contributed by atoms with Crippen LogP contribution in [-0.4, -0.2) is 27.5 Å². The Hall–Kier alpha value is -1.79. The molecule has 2 aromatic rings. The molecule has 0 saturated carbocycles. The van der Waals surface area contributed by atoms with Gasteiger partial charge in [-0.2, -0.15) is 0 Å². The van der Waals surface area contributed by atoms with Crippen molar-refractivity contribution < 1.29 is 5.11 Å². The van der Waals surface area contributed by atoms with Gasteiger partial charge in [-0.05, 0) is 18.7 Å². The molecule has 17 heavy (non-hydrogen) atoms. The summed E-state index contributed by atoms with van der Waals surface area (Å²) in [6.07, 6.45) is -0.627. The van der Waals surface area contributed by atoms with Gasteiger partial charge >= 0.3 is 5.69 Å². The van der Waals surface area contributed by atoms with E-state index in [9.17, 15) is 9.90 Å². The molecule has 0 bridgehead atoms. The zero-order valence-corrected chi connectivity index (χ0v) is 9.42. The third-order valence-corrected chi connectivity index (χ3v) is 3.41. The molecule has 4 N–H and O–H groups in total. The number of rotatable bonds is 1. The number of likely N-dealkylation sites (N-methyl/N-ethyl adjacent to an activating group) is 1. The van der Waals surface area contributed by atoms with Gasteiger partial charge in [-0.3, -0.25) is 4.57 Å². The highest BCUT2D eigenvalue weighted by atomic mass is 16.3. The molecule has 0 radical (unpaired) electrons. The van der Waals surface area contributed by atoms with Crippen LogP contribution in [0.4, 0.5) is 0 Å². The summed E-state index contributed by atoms with van der Waals surface area (Å²) < 4.78 is 2.66. The molecule has 6 nitrogen and oxygen atoms in total. The molecule has 1 aromatic heterocycles. The quantitative estimate of drug-likeness (QED) is 0.561. The summed E-state index contributed by atoms with van der Waals surface area (Å²) in [7, 11) is 1.79. The summed E-state index contributed by atoms with van der Waals surface area (Å²) in [6.45, 7) is 0.266. The maximum atomic E-state index is 11.9. The van der Waals surface area contributed by atoms with Crippen molar-refractivity contribution in [1.29, 1.82) is 0 Å². The summed E-state index contributed by atoms with van der Waals surface area (Å²) >= 11 is 0. The van der Waals surface area contributed by atoms with Gasteiger partial charge < -0.3 is 16.3 Å². The van der Waals surface area contributed by atoms with Gasteiger partial charge in [0, 0.05) is 0 Å². The molecule has 0 unspecified atom stereocenters. The van der Waals surface area contributed by atoms with Crippen LogP contribution in [0.5, 0.6) is 0 Å². The molecule has 6 heteroatoms. The number of para-hydroxylation sites is 1. The molecule has 1 aliphatic rings. The molecule has 0 spiro atoms. The van der Waals surface area contributed by atoms with Crippen molar-refractivity contribution in [3.63, 3.8) is 0 Å². The average molecular weight is 234 g/mol. The molecule has 0 amide bonds. The smallest absolute Gasteiger partial charge is 0.347 e. The van der Waals surface area contributed by atoms with Crippen LogP contribution < -0.4 is 16.8 Å². The van der Waals surface area contributed by atoms with Crippen molar-refractivity contribution in [3.05, 3.63) is 34.2 Å². The molecule has 90 valence electrons. The van der Waals surface area contributed by atoms with Crippen LogP contribution in [0.25, 0.3) is 11.0 Å². The number of hydrogen-bond acceptors (Lipinski definition) is 4. The van der Waals surface area contributed by atoms with Crippen molar-refractivity contribution in [2.45, 2.75) is 18.7 Å². The zero-order chi connectivity index (χ0) is 12.2. The van der Waals surface area contributed by atoms with Gasteiger partial charge in [0.15, 0.2) is 0 Å². The Morgan fingerprint density at radius 3 is 3.00 bits per heavy atom. The van der Waals surface area contributed by atoms with E-state index in [2.05, 4.69) is 5.32 Å². The molecular weight excluding hydrogens is 220 g/mol. The monoisotopic (exact) mass is 234 g/mol. The van der Waals surface area contributed by atoms with Crippen molar-refractivity contribution in [3.8, 4) is 0 Å². The second kappa shape index (κ2) is 3.35. The number of imidazole rings is 1. The fraction of sp³-hybridized carbons (Fsp3) is 0.364. The van der Waals surface area contributed by atoms with Crippen LogP contribution in [0, 0.1) is 0 Å². The Morgan fingerprint density at radius 2 is 2.29 bits per heavy atom. The molecular formula is C11H14N4O2. The van der Waals surface area contributed by atoms with E-state index in [1.807, 2.05) is 12.1 Å². The van der Waals surface area contributed by atoms with Gasteiger partial charge in [0.2, 0.25) is 0 Å². The fourth-order valence-electron chi connectivity index (χ4n) is 2.63. The summed E-state index contributed by atoms with van der Waals surface area (Å²) in [5, 5.41) is 13.1. The molecule has 2 atom stereocenters. The van der Waals surface area contributed by atoms with E-state index in [0.29, 0.717) is 5.52 Å². The van der Waals surface area contributed by atoms with Crippen LogP contribution >= 0.6 is 0 Å². The summed E-state index contributed by atoms with van der Waals surface area (Å²) in [6, 6.07) is 5.39. The molecule has 3 rings (SSSR count). The minimum atomic E-state index is -0.627. The molecule has 0 saturated heterocycles. The first kappa shape index (κ1) is 10.4. The largest absolute Gasteiger partial charge is 0.389 e. The average Bonchev–Trinajstić information content (AvgIpc) is 2.57. The van der Waals surface area contributed by atoms with Gasteiger partial charge in [0.05, 0.1) is 29.7 Å². The molecule has 0 fully saturated rings. The minimum Gasteiger partial charge on any atom is -0.389 e. The Bertz CT molecular complexity index is 643. The van der Waals surface area contributed by atoms with Gasteiger partial charge in [0.25, 0.3) is 0 Å². The first-order chi connectivity index (χ1) is 8.15. The lowest BCUT2D eigenvalue weighted by Crippen LogP contribution is -2.40. The number of aliphatic hydroxyl groups excluding tert-OH is 1. The summed E-state index contributed by atoms with van der Waals surface area (Å²) in [5.74, 6) is 5.72. The van der Waals surface area contributed by atoms with Crippen molar-refractivity contribution in [2.24, 2.45) is 0 Å². The zero-order valence-electron chi connectivity index (χ0n) is 9.42. The Kier molecular flexibility index (Phi) is 2.04. The lowest BCUT2D eigenvalue weighted by Gasteiger charge is -2.28. The van der Waals surface area contributed by atoms with Crippen LogP contribution in [0.15, 0.2) is 23.0 Å². The van der Waals surface area contributed by atoms with E-state index in [1.165, 1.54) is 4.57 Å². The summed E-state index contributed by atoms with van der Waals surface area (Å²) in [5.41, 5.74) is 2.12. The number of nitrogens with one attached hydrogen (secondary N) is 1. The predicted octanol–water partition coefficient (Wildman–Crippen LogP) is -0.848. The van der Waals surface area contributed by atoms with Crippen LogP contribution in [0.2, 0.25) is 0 Å². The van der Waals surface area contributed by atoms with E-state index >= 15 is 0 Å². The molecule has 1 aromatic carbocycles. The minimum absolute atomic E-state index is 0.166. The SMILES string of the molecule is CN[C@@H]1c2cccc3c2n(c(=O)n3N)C[C@H]1O. The second-order valence-electron chi connectivity index (χ2n) is 4.31. The highest BCUT2D eigenvalue weighted by molar-refractivity contribution is 5.81. The van der Waals surface area contributed by atoms with E-state index < -0.39 is 6.10 Å². The third-order valence-electron chi connectivity index (χ3n) is 3.41. The normalized spacial score (nSPS) is 23.2. The second-order valence-corrected chi connectivity index (χ2v) is 4.31. The highest BCUT2D eigenvalue weighted by Gasteiger charge is 2.30. The van der Waals surface area contributed by atoms with Gasteiger partial charge in [0.1, 0.15) is 0 Å². The van der Waals surface area contributed by atoms with Crippen molar-refractivity contribution in [2.75, 3.05) is 12.9 Å². The fourth-order valence-corrected chi connectivity index (χ4v) is 2.63. The molecule has 0 aliphatic carbocycles. The van der Waals surface area contributed by atoms with Crippen molar-refractivity contribution >= 4 is 11.0 Å². The topological polar surface area (TPSA) is 85.2 Å². The van der Waals surface area contributed by atoms with Crippen molar-refractivity contribution in [1.82, 2.24) is 14.6 Å². The summed E-state index contributed by atoms with van der Waals surface area (Å²) in [4.78, 5) is 11.9. The van der Waals surface area contributed by atoms with E-state index in [-0.39, 0.29) is 18.3 Å². The van der Waals surface area contributed by atoms with E-state index in [1.54, 1.807) is 13.1 Å². The maximum Gasteiger partial charge on any atom is 0.347 e. The van der Waals surface area contributed by atoms with Gasteiger partial charge in [-0.1, -0.05) is 12.1 Å². The van der Waals surface area contributed by atoms with E-state index in [0.717, 1.165) is 15.8 Å². The number of nitrogens with zero attached hydrogens (tertiary/aromatic N) is 2. The Morgan fingerprint density at radius 1 is 1.53 bits per heavy atom. The van der Waals surface area contributed by atoms with Crippen LogP contribution in [0.1, 0.15) is 11.6 Å². The third kappa shape index (κ3) is 1.19. The number of hydrogen-bond donors (Lipinski definition) is 3. The highest BCUT2D eigenvalue weighted by Crippen LogP contribution is 2.30. The van der Waals surface area contributed by atoms with Gasteiger partial charge in [-0.15, -0.1) is 0 Å². The Labute approximate surface area is 97.2 Å². The number of aliphatic hydroxyl groups is 1. The Balaban J connectivity index is 2.44. The molecule has 1 aliphatic heterocycles. The predicted molar refractivity (Wildman–Crippen MR) is 64.2 cm³/mol. The lowest BCUT2D eigenvalue weighted by molar-refractivity contribution is 0.107. The number of benzene rings is 1. The maximum absolute atomic E-state index is 11.9. The molecule has 2 heterocycles. The first-order valence-corrected chi connectivity index (χ1v) is 5.49. The number of nitrogens with two attached hydrogens (primary N) is 1. The van der Waals surface area contributed by atoms with Crippen LogP contribution in [0.3, 0.4) is 0 Å². The van der Waals surface area contributed by atoms with Crippen LogP contribution in [-0.2, 0) is 6.54 Å². The first-order valence-electron chi connectivity index (χ1n) is 5.49.